The molecule has 3 amide bonds. The molecule has 6 rings (SSSR count). The van der Waals surface area contributed by atoms with E-state index in [-0.39, 0.29) is 23.3 Å². The number of fused-ring (bicyclic) bond motifs is 4. The lowest BCUT2D eigenvalue weighted by molar-refractivity contribution is 0.0732. The van der Waals surface area contributed by atoms with E-state index in [2.05, 4.69) is 11.1 Å². The molecule has 6 nitrogen and oxygen atoms in total. The summed E-state index contributed by atoms with van der Waals surface area (Å²) in [6.45, 7) is 4.89. The highest BCUT2D eigenvalue weighted by Crippen LogP contribution is 2.33. The van der Waals surface area contributed by atoms with Gasteiger partial charge in [-0.1, -0.05) is 30.3 Å². The first-order valence-corrected chi connectivity index (χ1v) is 11.4. The number of aromatic nitrogens is 1. The molecule has 2 aliphatic rings. The van der Waals surface area contributed by atoms with Gasteiger partial charge in [0.15, 0.2) is 0 Å². The molecule has 34 heavy (non-hydrogen) atoms. The molecule has 0 bridgehead atoms. The molecule has 0 saturated carbocycles. The first kappa shape index (κ1) is 20.4. The quantitative estimate of drug-likeness (QED) is 0.448. The van der Waals surface area contributed by atoms with Crippen molar-refractivity contribution in [1.82, 2.24) is 9.88 Å². The van der Waals surface area contributed by atoms with Crippen LogP contribution in [0.2, 0.25) is 0 Å². The number of hydrogen-bond donors (Lipinski definition) is 1. The molecular weight excluding hydrogens is 426 g/mol. The van der Waals surface area contributed by atoms with Crippen LogP contribution in [0.1, 0.15) is 53.5 Å². The molecule has 2 aliphatic heterocycles. The summed E-state index contributed by atoms with van der Waals surface area (Å²) in [4.78, 5) is 46.2. The Kier molecular flexibility index (Phi) is 4.45. The van der Waals surface area contributed by atoms with Crippen molar-refractivity contribution < 1.29 is 14.4 Å². The minimum Gasteiger partial charge on any atom is -0.357 e. The van der Waals surface area contributed by atoms with Crippen LogP contribution in [0.25, 0.3) is 10.9 Å². The van der Waals surface area contributed by atoms with Gasteiger partial charge in [-0.2, -0.15) is 0 Å². The molecule has 4 aromatic rings. The smallest absolute Gasteiger partial charge is 0.266 e. The number of aryl methyl sites for hydroxylation is 2. The zero-order chi connectivity index (χ0) is 23.6. The number of H-pyrrole nitrogens is 1. The maximum atomic E-state index is 13.4. The van der Waals surface area contributed by atoms with Crippen LogP contribution in [0.4, 0.5) is 5.69 Å². The van der Waals surface area contributed by atoms with Crippen molar-refractivity contribution in [3.63, 3.8) is 0 Å². The van der Waals surface area contributed by atoms with E-state index < -0.39 is 0 Å². The van der Waals surface area contributed by atoms with Crippen molar-refractivity contribution in [2.75, 3.05) is 11.4 Å². The van der Waals surface area contributed by atoms with Crippen LogP contribution in [0.3, 0.4) is 0 Å². The Morgan fingerprint density at radius 3 is 2.56 bits per heavy atom. The zero-order valence-corrected chi connectivity index (χ0v) is 19.0. The van der Waals surface area contributed by atoms with Gasteiger partial charge in [0, 0.05) is 28.7 Å². The molecule has 0 unspecified atom stereocenters. The molecule has 0 aliphatic carbocycles. The van der Waals surface area contributed by atoms with Gasteiger partial charge in [0.05, 0.1) is 23.4 Å². The van der Waals surface area contributed by atoms with Crippen molar-refractivity contribution in [2.24, 2.45) is 0 Å². The molecular formula is C28H23N3O3. The van der Waals surface area contributed by atoms with E-state index in [9.17, 15) is 14.4 Å². The Morgan fingerprint density at radius 2 is 1.71 bits per heavy atom. The molecule has 168 valence electrons. The molecule has 0 spiro atoms. The zero-order valence-electron chi connectivity index (χ0n) is 19.0. The second-order valence-corrected chi connectivity index (χ2v) is 9.10. The molecule has 0 saturated heterocycles. The van der Waals surface area contributed by atoms with E-state index in [1.807, 2.05) is 50.2 Å². The summed E-state index contributed by atoms with van der Waals surface area (Å²) in [6.07, 6.45) is 0.772. The molecule has 3 heterocycles. The van der Waals surface area contributed by atoms with Gasteiger partial charge in [-0.15, -0.1) is 0 Å². The van der Waals surface area contributed by atoms with E-state index in [1.165, 1.54) is 15.8 Å². The average Bonchev–Trinajstić information content (AvgIpc) is 3.34. The maximum Gasteiger partial charge on any atom is 0.266 e. The fraction of sp³-hybridized carbons (Fsp3) is 0.179. The molecule has 1 N–H and O–H groups in total. The first-order chi connectivity index (χ1) is 16.4. The van der Waals surface area contributed by atoms with E-state index in [0.29, 0.717) is 29.9 Å². The Bertz CT molecular complexity index is 1530. The van der Waals surface area contributed by atoms with Gasteiger partial charge in [0.1, 0.15) is 0 Å². The van der Waals surface area contributed by atoms with Crippen LogP contribution in [0, 0.1) is 13.8 Å². The fourth-order valence-corrected chi connectivity index (χ4v) is 5.10. The van der Waals surface area contributed by atoms with E-state index >= 15 is 0 Å². The molecule has 0 fully saturated rings. The van der Waals surface area contributed by atoms with Gasteiger partial charge in [0.25, 0.3) is 17.7 Å². The van der Waals surface area contributed by atoms with Crippen LogP contribution in [0.5, 0.6) is 0 Å². The third kappa shape index (κ3) is 2.99. The molecule has 6 heteroatoms. The third-order valence-corrected chi connectivity index (χ3v) is 6.91. The van der Waals surface area contributed by atoms with E-state index in [4.69, 9.17) is 0 Å². The second kappa shape index (κ2) is 7.42. The number of aromatic amines is 1. The number of benzene rings is 3. The number of carbonyl (C=O) groups excluding carboxylic acids is 3. The van der Waals surface area contributed by atoms with Crippen LogP contribution in [-0.2, 0) is 13.0 Å². The van der Waals surface area contributed by atoms with Crippen molar-refractivity contribution >= 4 is 34.3 Å². The normalized spacial score (nSPS) is 15.1. The second-order valence-electron chi connectivity index (χ2n) is 9.10. The number of rotatable bonds is 2. The van der Waals surface area contributed by atoms with Crippen molar-refractivity contribution in [1.29, 1.82) is 0 Å². The number of carbonyl (C=O) groups is 3. The largest absolute Gasteiger partial charge is 0.357 e. The topological polar surface area (TPSA) is 73.5 Å². The molecule has 3 aromatic carbocycles. The van der Waals surface area contributed by atoms with Crippen LogP contribution >= 0.6 is 0 Å². The predicted octanol–water partition coefficient (Wildman–Crippen LogP) is 4.78. The van der Waals surface area contributed by atoms with Crippen molar-refractivity contribution in [3.8, 4) is 0 Å². The van der Waals surface area contributed by atoms with Gasteiger partial charge in [-0.25, -0.2) is 4.90 Å². The van der Waals surface area contributed by atoms with Gasteiger partial charge < -0.3 is 9.88 Å². The number of amides is 3. The summed E-state index contributed by atoms with van der Waals surface area (Å²) in [5, 5.41) is 1.21. The minimum absolute atomic E-state index is 0.141. The van der Waals surface area contributed by atoms with Gasteiger partial charge in [0.2, 0.25) is 0 Å². The third-order valence-electron chi connectivity index (χ3n) is 6.91. The number of para-hydroxylation sites is 1. The monoisotopic (exact) mass is 449 g/mol. The number of nitrogens with zero attached hydrogens (tertiary/aromatic N) is 2. The van der Waals surface area contributed by atoms with Gasteiger partial charge >= 0.3 is 0 Å². The van der Waals surface area contributed by atoms with Crippen molar-refractivity contribution in [3.05, 3.63) is 99.7 Å². The molecule has 0 atom stereocenters. The fourth-order valence-electron chi connectivity index (χ4n) is 5.10. The van der Waals surface area contributed by atoms with Gasteiger partial charge in [-0.05, 0) is 67.3 Å². The highest BCUT2D eigenvalue weighted by molar-refractivity contribution is 6.35. The number of hydrogen-bond acceptors (Lipinski definition) is 3. The van der Waals surface area contributed by atoms with E-state index in [1.54, 1.807) is 23.1 Å². The number of nitrogens with one attached hydrogen (secondary N) is 1. The summed E-state index contributed by atoms with van der Waals surface area (Å²) < 4.78 is 0. The summed E-state index contributed by atoms with van der Waals surface area (Å²) in [5.74, 6) is -0.883. The minimum atomic E-state index is -0.389. The lowest BCUT2D eigenvalue weighted by Gasteiger charge is -2.27. The first-order valence-electron chi connectivity index (χ1n) is 11.4. The predicted molar refractivity (Wildman–Crippen MR) is 130 cm³/mol. The Hall–Kier alpha value is -4.19. The van der Waals surface area contributed by atoms with Crippen LogP contribution < -0.4 is 4.90 Å². The maximum absolute atomic E-state index is 13.4. The lowest BCUT2D eigenvalue weighted by atomic mass is 10.0. The number of imide groups is 1. The summed E-state index contributed by atoms with van der Waals surface area (Å²) >= 11 is 0. The van der Waals surface area contributed by atoms with Crippen molar-refractivity contribution in [2.45, 2.75) is 26.8 Å². The van der Waals surface area contributed by atoms with Crippen LogP contribution in [-0.4, -0.2) is 34.2 Å². The summed E-state index contributed by atoms with van der Waals surface area (Å²) in [5.41, 5.74) is 6.82. The Morgan fingerprint density at radius 1 is 0.912 bits per heavy atom. The highest BCUT2D eigenvalue weighted by Gasteiger charge is 2.38. The molecule has 1 aromatic heterocycles. The lowest BCUT2D eigenvalue weighted by Crippen LogP contribution is -2.36. The van der Waals surface area contributed by atoms with Crippen LogP contribution in [0.15, 0.2) is 60.7 Å². The van der Waals surface area contributed by atoms with E-state index in [0.717, 1.165) is 28.8 Å². The highest BCUT2D eigenvalue weighted by atomic mass is 16.2. The standard InChI is InChI=1S/C28H23N3O3/c1-16-7-8-17(2)25(13-16)31-27(33)21-10-9-18(14-22(21)28(31)34)26(32)30-12-11-20-19-5-3-4-6-23(19)29-24(20)15-30/h3-10,13-14,29H,11-12,15H2,1-2H3. The average molecular weight is 450 g/mol. The Labute approximate surface area is 196 Å². The van der Waals surface area contributed by atoms with Gasteiger partial charge in [-0.3, -0.25) is 14.4 Å². The Balaban J connectivity index is 1.30. The molecule has 0 radical (unpaired) electrons. The number of anilines is 1. The summed E-state index contributed by atoms with van der Waals surface area (Å²) in [6, 6.07) is 18.7. The summed E-state index contributed by atoms with van der Waals surface area (Å²) in [7, 11) is 0. The SMILES string of the molecule is Cc1ccc(C)c(N2C(=O)c3ccc(C(=O)N4CCc5c([nH]c6ccccc56)C4)cc3C2=O)c1.